The summed E-state index contributed by atoms with van der Waals surface area (Å²) in [5.74, 6) is 0.528. The zero-order valence-electron chi connectivity index (χ0n) is 11.3. The number of carbonyl (C=O) groups excluding carboxylic acids is 1. The standard InChI is InChI=1S/C17H16O3/c1-19-17(18)15-11-13(16-8-5-9-20-16)10-14(15)12-6-3-2-4-7-12/h2-10,14-15H,11H2,1H3/t14-,15-/m1/s1. The minimum absolute atomic E-state index is 0.0451. The van der Waals surface area contributed by atoms with Gasteiger partial charge in [-0.1, -0.05) is 36.4 Å². The van der Waals surface area contributed by atoms with E-state index in [0.29, 0.717) is 6.42 Å². The lowest BCUT2D eigenvalue weighted by Crippen LogP contribution is -2.19. The van der Waals surface area contributed by atoms with Gasteiger partial charge in [0.15, 0.2) is 0 Å². The Morgan fingerprint density at radius 3 is 2.65 bits per heavy atom. The minimum atomic E-state index is -0.178. The summed E-state index contributed by atoms with van der Waals surface area (Å²) in [5.41, 5.74) is 2.20. The van der Waals surface area contributed by atoms with Gasteiger partial charge in [-0.3, -0.25) is 4.79 Å². The van der Waals surface area contributed by atoms with E-state index in [1.54, 1.807) is 6.26 Å². The van der Waals surface area contributed by atoms with Crippen molar-refractivity contribution in [3.8, 4) is 0 Å². The molecule has 0 amide bonds. The van der Waals surface area contributed by atoms with Crippen molar-refractivity contribution in [2.45, 2.75) is 12.3 Å². The van der Waals surface area contributed by atoms with Crippen molar-refractivity contribution in [3.63, 3.8) is 0 Å². The van der Waals surface area contributed by atoms with E-state index in [-0.39, 0.29) is 17.8 Å². The number of carbonyl (C=O) groups is 1. The molecule has 0 bridgehead atoms. The fourth-order valence-electron chi connectivity index (χ4n) is 2.79. The Bertz CT molecular complexity index is 611. The average molecular weight is 268 g/mol. The first-order valence-corrected chi connectivity index (χ1v) is 6.67. The predicted octanol–water partition coefficient (Wildman–Crippen LogP) is 3.64. The van der Waals surface area contributed by atoms with Crippen LogP contribution in [-0.2, 0) is 9.53 Å². The van der Waals surface area contributed by atoms with Crippen molar-refractivity contribution in [3.05, 3.63) is 66.1 Å². The van der Waals surface area contributed by atoms with Crippen LogP contribution in [-0.4, -0.2) is 13.1 Å². The summed E-state index contributed by atoms with van der Waals surface area (Å²) >= 11 is 0. The molecular weight excluding hydrogens is 252 g/mol. The summed E-state index contributed by atoms with van der Waals surface area (Å²) in [6.45, 7) is 0. The molecule has 2 atom stereocenters. The summed E-state index contributed by atoms with van der Waals surface area (Å²) in [6, 6.07) is 13.8. The Morgan fingerprint density at radius 1 is 1.20 bits per heavy atom. The van der Waals surface area contributed by atoms with Crippen molar-refractivity contribution >= 4 is 11.5 Å². The molecule has 1 aromatic heterocycles. The average Bonchev–Trinajstić information content (AvgIpc) is 3.16. The van der Waals surface area contributed by atoms with E-state index < -0.39 is 0 Å². The first-order valence-electron chi connectivity index (χ1n) is 6.67. The highest BCUT2D eigenvalue weighted by molar-refractivity contribution is 5.81. The lowest BCUT2D eigenvalue weighted by Gasteiger charge is -2.17. The molecule has 0 fully saturated rings. The number of ether oxygens (including phenoxy) is 1. The maximum absolute atomic E-state index is 12.0. The number of hydrogen-bond acceptors (Lipinski definition) is 3. The second-order valence-corrected chi connectivity index (χ2v) is 4.94. The molecule has 1 heterocycles. The summed E-state index contributed by atoms with van der Waals surface area (Å²) in [6.07, 6.45) is 4.43. The number of furan rings is 1. The molecule has 3 nitrogen and oxygen atoms in total. The van der Waals surface area contributed by atoms with Gasteiger partial charge in [0.25, 0.3) is 0 Å². The molecule has 0 unspecified atom stereocenters. The van der Waals surface area contributed by atoms with E-state index in [4.69, 9.17) is 9.15 Å². The molecule has 1 aliphatic carbocycles. The molecule has 1 aromatic carbocycles. The van der Waals surface area contributed by atoms with Gasteiger partial charge in [0.2, 0.25) is 0 Å². The molecule has 3 rings (SSSR count). The lowest BCUT2D eigenvalue weighted by molar-refractivity contribution is -0.145. The fraction of sp³-hybridized carbons (Fsp3) is 0.235. The molecule has 20 heavy (non-hydrogen) atoms. The van der Waals surface area contributed by atoms with Crippen LogP contribution in [0.15, 0.2) is 59.2 Å². The van der Waals surface area contributed by atoms with Crippen LogP contribution >= 0.6 is 0 Å². The van der Waals surface area contributed by atoms with E-state index in [1.807, 2.05) is 42.5 Å². The number of hydrogen-bond donors (Lipinski definition) is 0. The van der Waals surface area contributed by atoms with E-state index in [9.17, 15) is 4.79 Å². The van der Waals surface area contributed by atoms with Crippen LogP contribution in [0.25, 0.3) is 5.57 Å². The minimum Gasteiger partial charge on any atom is -0.469 e. The normalized spacial score (nSPS) is 21.6. The monoisotopic (exact) mass is 268 g/mol. The predicted molar refractivity (Wildman–Crippen MR) is 76.0 cm³/mol. The smallest absolute Gasteiger partial charge is 0.309 e. The molecular formula is C17H16O3. The Labute approximate surface area is 117 Å². The van der Waals surface area contributed by atoms with Crippen LogP contribution in [0.3, 0.4) is 0 Å². The number of benzene rings is 1. The Balaban J connectivity index is 1.96. The van der Waals surface area contributed by atoms with Crippen molar-refractivity contribution in [1.29, 1.82) is 0 Å². The van der Waals surface area contributed by atoms with Gasteiger partial charge >= 0.3 is 5.97 Å². The zero-order valence-corrected chi connectivity index (χ0v) is 11.3. The summed E-state index contributed by atoms with van der Waals surface area (Å²) in [4.78, 5) is 12.0. The summed E-state index contributed by atoms with van der Waals surface area (Å²) < 4.78 is 10.4. The third kappa shape index (κ3) is 2.27. The van der Waals surface area contributed by atoms with Crippen LogP contribution in [0.1, 0.15) is 23.7 Å². The molecule has 0 spiro atoms. The van der Waals surface area contributed by atoms with Gasteiger partial charge in [-0.2, -0.15) is 0 Å². The first-order chi connectivity index (χ1) is 9.79. The largest absolute Gasteiger partial charge is 0.469 e. The number of esters is 1. The van der Waals surface area contributed by atoms with E-state index in [2.05, 4.69) is 6.08 Å². The van der Waals surface area contributed by atoms with Crippen LogP contribution < -0.4 is 0 Å². The molecule has 0 saturated heterocycles. The van der Waals surface area contributed by atoms with Crippen molar-refractivity contribution in [1.82, 2.24) is 0 Å². The highest BCUT2D eigenvalue weighted by Gasteiger charge is 2.36. The van der Waals surface area contributed by atoms with Crippen molar-refractivity contribution < 1.29 is 13.9 Å². The first kappa shape index (κ1) is 12.7. The van der Waals surface area contributed by atoms with Crippen LogP contribution in [0.4, 0.5) is 0 Å². The summed E-state index contributed by atoms with van der Waals surface area (Å²) in [7, 11) is 1.44. The van der Waals surface area contributed by atoms with Gasteiger partial charge in [-0.05, 0) is 29.7 Å². The lowest BCUT2D eigenvalue weighted by atomic mass is 9.89. The van der Waals surface area contributed by atoms with E-state index in [0.717, 1.165) is 16.9 Å². The third-order valence-corrected chi connectivity index (χ3v) is 3.78. The molecule has 2 aromatic rings. The number of methoxy groups -OCH3 is 1. The van der Waals surface area contributed by atoms with Gasteiger partial charge in [-0.15, -0.1) is 0 Å². The second kappa shape index (κ2) is 5.37. The van der Waals surface area contributed by atoms with Crippen molar-refractivity contribution in [2.24, 2.45) is 5.92 Å². The Kier molecular flexibility index (Phi) is 3.42. The molecule has 0 saturated carbocycles. The molecule has 0 aliphatic heterocycles. The molecule has 102 valence electrons. The quantitative estimate of drug-likeness (QED) is 0.798. The highest BCUT2D eigenvalue weighted by atomic mass is 16.5. The van der Waals surface area contributed by atoms with Crippen LogP contribution in [0.5, 0.6) is 0 Å². The SMILES string of the molecule is COC(=O)[C@@H]1CC(c2ccco2)=C[C@@H]1c1ccccc1. The maximum atomic E-state index is 12.0. The number of rotatable bonds is 3. The van der Waals surface area contributed by atoms with Gasteiger partial charge in [0.1, 0.15) is 5.76 Å². The molecule has 0 radical (unpaired) electrons. The zero-order chi connectivity index (χ0) is 13.9. The van der Waals surface area contributed by atoms with Crippen molar-refractivity contribution in [2.75, 3.05) is 7.11 Å². The molecule has 3 heteroatoms. The number of allylic oxidation sites excluding steroid dienone is 2. The Morgan fingerprint density at radius 2 is 2.00 bits per heavy atom. The summed E-state index contributed by atoms with van der Waals surface area (Å²) in [5, 5.41) is 0. The molecule has 1 aliphatic rings. The van der Waals surface area contributed by atoms with Crippen LogP contribution in [0.2, 0.25) is 0 Å². The van der Waals surface area contributed by atoms with Gasteiger partial charge in [-0.25, -0.2) is 0 Å². The van der Waals surface area contributed by atoms with E-state index in [1.165, 1.54) is 7.11 Å². The topological polar surface area (TPSA) is 39.4 Å². The highest BCUT2D eigenvalue weighted by Crippen LogP contribution is 2.42. The fourth-order valence-corrected chi connectivity index (χ4v) is 2.79. The van der Waals surface area contributed by atoms with Crippen LogP contribution in [0, 0.1) is 5.92 Å². The second-order valence-electron chi connectivity index (χ2n) is 4.94. The van der Waals surface area contributed by atoms with Gasteiger partial charge < -0.3 is 9.15 Å². The Hall–Kier alpha value is -2.29. The van der Waals surface area contributed by atoms with Gasteiger partial charge in [0, 0.05) is 5.92 Å². The van der Waals surface area contributed by atoms with E-state index >= 15 is 0 Å². The maximum Gasteiger partial charge on any atom is 0.309 e. The molecule has 0 N–H and O–H groups in total. The van der Waals surface area contributed by atoms with Gasteiger partial charge in [0.05, 0.1) is 19.3 Å². The third-order valence-electron chi connectivity index (χ3n) is 3.78.